The molecule has 0 atom stereocenters. The molecule has 0 unspecified atom stereocenters. The number of carbonyl (C=O) groups excluding carboxylic acids is 2. The van der Waals surface area contributed by atoms with E-state index in [1.807, 2.05) is 0 Å². The number of amides is 2. The molecule has 2 aromatic rings. The molecule has 1 aliphatic carbocycles. The van der Waals surface area contributed by atoms with Crippen molar-refractivity contribution in [3.05, 3.63) is 29.0 Å². The molecule has 8 heteroatoms. The Balaban J connectivity index is 1.55. The van der Waals surface area contributed by atoms with Gasteiger partial charge in [-0.2, -0.15) is 0 Å². The zero-order valence-corrected chi connectivity index (χ0v) is 13.5. The zero-order chi connectivity index (χ0) is 16.2. The Labute approximate surface area is 137 Å². The van der Waals surface area contributed by atoms with Crippen molar-refractivity contribution in [2.45, 2.75) is 19.8 Å². The third-order valence-electron chi connectivity index (χ3n) is 3.42. The Morgan fingerprint density at radius 2 is 1.91 bits per heavy atom. The van der Waals surface area contributed by atoms with Crippen LogP contribution in [0.3, 0.4) is 0 Å². The fourth-order valence-corrected chi connectivity index (χ4v) is 2.97. The van der Waals surface area contributed by atoms with E-state index in [0.717, 1.165) is 12.8 Å². The second kappa shape index (κ2) is 6.82. The highest BCUT2D eigenvalue weighted by Crippen LogP contribution is 2.28. The molecule has 7 nitrogen and oxygen atoms in total. The first-order valence-electron chi connectivity index (χ1n) is 7.46. The molecule has 23 heavy (non-hydrogen) atoms. The average Bonchev–Trinajstić information content (AvgIpc) is 3.34. The van der Waals surface area contributed by atoms with Gasteiger partial charge in [0, 0.05) is 31.4 Å². The minimum absolute atomic E-state index is 0.0803. The number of nitrogens with zero attached hydrogens (tertiary/aromatic N) is 3. The van der Waals surface area contributed by atoms with Crippen molar-refractivity contribution >= 4 is 23.2 Å². The molecule has 0 radical (unpaired) electrons. The number of carbonyl (C=O) groups is 2. The number of hydrogen-bond donors (Lipinski definition) is 2. The maximum Gasteiger partial charge on any atom is 0.263 e. The molecule has 2 heterocycles. The van der Waals surface area contributed by atoms with E-state index in [1.165, 1.54) is 11.3 Å². The highest BCUT2D eigenvalue weighted by molar-refractivity contribution is 7.17. The molecule has 1 aliphatic rings. The Morgan fingerprint density at radius 1 is 1.22 bits per heavy atom. The van der Waals surface area contributed by atoms with Crippen molar-refractivity contribution in [3.63, 3.8) is 0 Å². The summed E-state index contributed by atoms with van der Waals surface area (Å²) in [6, 6.07) is 1.73. The van der Waals surface area contributed by atoms with E-state index in [4.69, 9.17) is 0 Å². The number of hydrogen-bond acceptors (Lipinski definition) is 6. The maximum absolute atomic E-state index is 12.2. The fourth-order valence-electron chi connectivity index (χ4n) is 2.04. The summed E-state index contributed by atoms with van der Waals surface area (Å²) in [7, 11) is 0. The largest absolute Gasteiger partial charge is 0.354 e. The standard InChI is InChI=1S/C15H17N5O2S/c1-9-11(23-15(20-9)12-16-5-2-6-17-12)14(22)19-8-7-18-13(21)10-3-4-10/h2,5-6,10H,3-4,7-8H2,1H3,(H,18,21)(H,19,22). The van der Waals surface area contributed by atoms with Crippen LogP contribution < -0.4 is 10.6 Å². The minimum Gasteiger partial charge on any atom is -0.354 e. The van der Waals surface area contributed by atoms with Gasteiger partial charge in [-0.25, -0.2) is 15.0 Å². The molecule has 1 fully saturated rings. The van der Waals surface area contributed by atoms with E-state index in [0.29, 0.717) is 34.5 Å². The number of aryl methyl sites for hydroxylation is 1. The van der Waals surface area contributed by atoms with Crippen LogP contribution in [0.2, 0.25) is 0 Å². The van der Waals surface area contributed by atoms with E-state index in [-0.39, 0.29) is 17.7 Å². The molecule has 1 saturated carbocycles. The minimum atomic E-state index is -0.192. The van der Waals surface area contributed by atoms with Crippen molar-refractivity contribution < 1.29 is 9.59 Å². The summed E-state index contributed by atoms with van der Waals surface area (Å²) < 4.78 is 0. The van der Waals surface area contributed by atoms with Gasteiger partial charge in [-0.05, 0) is 25.8 Å². The molecule has 2 amide bonds. The first kappa shape index (κ1) is 15.5. The highest BCUT2D eigenvalue weighted by atomic mass is 32.1. The lowest BCUT2D eigenvalue weighted by Gasteiger charge is -2.05. The molecular formula is C15H17N5O2S. The summed E-state index contributed by atoms with van der Waals surface area (Å²) in [5, 5.41) is 6.23. The molecule has 0 aromatic carbocycles. The number of aromatic nitrogens is 3. The second-order valence-electron chi connectivity index (χ2n) is 5.33. The average molecular weight is 331 g/mol. The van der Waals surface area contributed by atoms with E-state index >= 15 is 0 Å². The van der Waals surface area contributed by atoms with Crippen molar-refractivity contribution in [1.82, 2.24) is 25.6 Å². The van der Waals surface area contributed by atoms with Gasteiger partial charge in [0.05, 0.1) is 5.69 Å². The Hall–Kier alpha value is -2.35. The SMILES string of the molecule is Cc1nc(-c2ncccn2)sc1C(=O)NCCNC(=O)C1CC1. The van der Waals surface area contributed by atoms with Crippen LogP contribution in [0.15, 0.2) is 18.5 Å². The Morgan fingerprint density at radius 3 is 2.61 bits per heavy atom. The first-order chi connectivity index (χ1) is 11.1. The van der Waals surface area contributed by atoms with Gasteiger partial charge >= 0.3 is 0 Å². The number of rotatable bonds is 6. The molecule has 2 N–H and O–H groups in total. The van der Waals surface area contributed by atoms with Gasteiger partial charge in [-0.1, -0.05) is 0 Å². The van der Waals surface area contributed by atoms with Crippen LogP contribution in [0.5, 0.6) is 0 Å². The molecule has 2 aromatic heterocycles. The molecular weight excluding hydrogens is 314 g/mol. The highest BCUT2D eigenvalue weighted by Gasteiger charge is 2.29. The van der Waals surface area contributed by atoms with Crippen molar-refractivity contribution in [3.8, 4) is 10.8 Å². The third-order valence-corrected chi connectivity index (χ3v) is 4.57. The fraction of sp³-hybridized carbons (Fsp3) is 0.400. The van der Waals surface area contributed by atoms with Gasteiger partial charge in [0.1, 0.15) is 4.88 Å². The van der Waals surface area contributed by atoms with Crippen molar-refractivity contribution in [1.29, 1.82) is 0 Å². The van der Waals surface area contributed by atoms with Crippen LogP contribution in [0.25, 0.3) is 10.8 Å². The quantitative estimate of drug-likeness (QED) is 0.774. The topological polar surface area (TPSA) is 96.9 Å². The summed E-state index contributed by atoms with van der Waals surface area (Å²) >= 11 is 1.26. The van der Waals surface area contributed by atoms with Crippen molar-refractivity contribution in [2.75, 3.05) is 13.1 Å². The predicted octanol–water partition coefficient (Wildman–Crippen LogP) is 1.16. The first-order valence-corrected chi connectivity index (χ1v) is 8.27. The van der Waals surface area contributed by atoms with Gasteiger partial charge in [0.2, 0.25) is 5.91 Å². The predicted molar refractivity (Wildman–Crippen MR) is 85.9 cm³/mol. The smallest absolute Gasteiger partial charge is 0.263 e. The molecule has 3 rings (SSSR count). The molecule has 120 valence electrons. The lowest BCUT2D eigenvalue weighted by Crippen LogP contribution is -2.35. The van der Waals surface area contributed by atoms with Crippen LogP contribution in [-0.4, -0.2) is 39.9 Å². The summed E-state index contributed by atoms with van der Waals surface area (Å²) in [5.74, 6) is 0.582. The van der Waals surface area contributed by atoms with Crippen LogP contribution in [0.1, 0.15) is 28.2 Å². The van der Waals surface area contributed by atoms with Gasteiger partial charge in [0.25, 0.3) is 5.91 Å². The Bertz CT molecular complexity index is 712. The zero-order valence-electron chi connectivity index (χ0n) is 12.7. The van der Waals surface area contributed by atoms with E-state index < -0.39 is 0 Å². The summed E-state index contributed by atoms with van der Waals surface area (Å²) in [6.07, 6.45) is 5.23. The molecule has 0 spiro atoms. The van der Waals surface area contributed by atoms with E-state index in [1.54, 1.807) is 25.4 Å². The van der Waals surface area contributed by atoms with Crippen LogP contribution in [0.4, 0.5) is 0 Å². The van der Waals surface area contributed by atoms with E-state index in [2.05, 4.69) is 25.6 Å². The number of thiazole rings is 1. The second-order valence-corrected chi connectivity index (χ2v) is 6.33. The van der Waals surface area contributed by atoms with Crippen LogP contribution in [0, 0.1) is 12.8 Å². The van der Waals surface area contributed by atoms with Crippen LogP contribution >= 0.6 is 11.3 Å². The maximum atomic E-state index is 12.2. The van der Waals surface area contributed by atoms with Gasteiger partial charge < -0.3 is 10.6 Å². The summed E-state index contributed by atoms with van der Waals surface area (Å²) in [5.41, 5.74) is 0.650. The molecule has 0 bridgehead atoms. The summed E-state index contributed by atoms with van der Waals surface area (Å²) in [4.78, 5) is 36.9. The summed E-state index contributed by atoms with van der Waals surface area (Å²) in [6.45, 7) is 2.62. The van der Waals surface area contributed by atoms with Gasteiger partial charge in [0.15, 0.2) is 10.8 Å². The van der Waals surface area contributed by atoms with Crippen LogP contribution in [-0.2, 0) is 4.79 Å². The normalized spacial score (nSPS) is 13.6. The lowest BCUT2D eigenvalue weighted by atomic mass is 10.3. The molecule has 0 aliphatic heterocycles. The lowest BCUT2D eigenvalue weighted by molar-refractivity contribution is -0.122. The third kappa shape index (κ3) is 3.89. The van der Waals surface area contributed by atoms with E-state index in [9.17, 15) is 9.59 Å². The van der Waals surface area contributed by atoms with Gasteiger partial charge in [-0.15, -0.1) is 11.3 Å². The number of nitrogens with one attached hydrogen (secondary N) is 2. The monoisotopic (exact) mass is 331 g/mol. The van der Waals surface area contributed by atoms with Gasteiger partial charge in [-0.3, -0.25) is 9.59 Å². The van der Waals surface area contributed by atoms with Crippen molar-refractivity contribution in [2.24, 2.45) is 5.92 Å². The Kier molecular flexibility index (Phi) is 4.61. The molecule has 0 saturated heterocycles.